The Hall–Kier alpha value is -2.02. The van der Waals surface area contributed by atoms with E-state index in [1.165, 1.54) is 12.3 Å². The number of aromatic carboxylic acids is 1. The summed E-state index contributed by atoms with van der Waals surface area (Å²) in [6, 6.07) is 7.95. The Balaban J connectivity index is 1.91. The summed E-state index contributed by atoms with van der Waals surface area (Å²) in [5.41, 5.74) is 0.822. The van der Waals surface area contributed by atoms with E-state index in [0.717, 1.165) is 5.69 Å². The third-order valence-corrected chi connectivity index (χ3v) is 3.17. The second-order valence-electron chi connectivity index (χ2n) is 3.86. The molecule has 2 aromatic rings. The fourth-order valence-corrected chi connectivity index (χ4v) is 2.03. The summed E-state index contributed by atoms with van der Waals surface area (Å²) < 4.78 is 29.4. The van der Waals surface area contributed by atoms with Crippen LogP contribution in [0.1, 0.15) is 16.1 Å². The first-order valence-corrected chi connectivity index (χ1v) is 6.52. The predicted molar refractivity (Wildman–Crippen MR) is 71.3 cm³/mol. The summed E-state index contributed by atoms with van der Waals surface area (Å²) in [5.74, 6) is -3.01. The molecule has 0 aliphatic heterocycles. The van der Waals surface area contributed by atoms with Gasteiger partial charge in [0.05, 0.1) is 12.1 Å². The zero-order valence-corrected chi connectivity index (χ0v) is 11.0. The van der Waals surface area contributed by atoms with Crippen LogP contribution < -0.4 is 5.32 Å². The van der Waals surface area contributed by atoms with E-state index in [-0.39, 0.29) is 5.56 Å². The third kappa shape index (κ3) is 3.99. The zero-order valence-electron chi connectivity index (χ0n) is 10.2. The second kappa shape index (κ2) is 6.42. The largest absolute Gasteiger partial charge is 0.478 e. The number of anilines is 1. The van der Waals surface area contributed by atoms with Gasteiger partial charge in [0.2, 0.25) is 0 Å². The van der Waals surface area contributed by atoms with Crippen LogP contribution in [0.15, 0.2) is 45.9 Å². The molecule has 20 heavy (non-hydrogen) atoms. The number of thioether (sulfide) groups is 1. The van der Waals surface area contributed by atoms with Crippen LogP contribution in [-0.4, -0.2) is 16.8 Å². The van der Waals surface area contributed by atoms with Gasteiger partial charge in [-0.1, -0.05) is 11.8 Å². The first-order chi connectivity index (χ1) is 9.54. The Morgan fingerprint density at radius 3 is 2.60 bits per heavy atom. The van der Waals surface area contributed by atoms with Crippen molar-refractivity contribution in [2.75, 3.05) is 5.32 Å². The Bertz CT molecular complexity index is 584. The molecule has 4 nitrogen and oxygen atoms in total. The molecule has 0 unspecified atom stereocenters. The van der Waals surface area contributed by atoms with Crippen LogP contribution >= 0.6 is 11.8 Å². The van der Waals surface area contributed by atoms with E-state index in [2.05, 4.69) is 5.32 Å². The minimum atomic E-state index is -2.44. The highest BCUT2D eigenvalue weighted by Crippen LogP contribution is 2.26. The number of alkyl halides is 2. The number of carboxylic acid groups (broad SMARTS) is 1. The van der Waals surface area contributed by atoms with Crippen LogP contribution in [0, 0.1) is 0 Å². The fourth-order valence-electron chi connectivity index (χ4n) is 1.53. The van der Waals surface area contributed by atoms with E-state index < -0.39 is 11.7 Å². The summed E-state index contributed by atoms with van der Waals surface area (Å²) in [7, 11) is 0. The van der Waals surface area contributed by atoms with Crippen LogP contribution in [0.4, 0.5) is 14.5 Å². The lowest BCUT2D eigenvalue weighted by atomic mass is 10.3. The molecule has 0 fully saturated rings. The molecule has 0 atom stereocenters. The number of rotatable bonds is 6. The summed E-state index contributed by atoms with van der Waals surface area (Å²) in [4.78, 5) is 11.2. The van der Waals surface area contributed by atoms with Gasteiger partial charge in [0.15, 0.2) is 0 Å². The Morgan fingerprint density at radius 2 is 2.05 bits per heavy atom. The van der Waals surface area contributed by atoms with Gasteiger partial charge in [-0.15, -0.1) is 0 Å². The highest BCUT2D eigenvalue weighted by molar-refractivity contribution is 7.99. The molecule has 0 aliphatic rings. The molecular weight excluding hydrogens is 288 g/mol. The van der Waals surface area contributed by atoms with E-state index in [1.54, 1.807) is 24.3 Å². The van der Waals surface area contributed by atoms with Gasteiger partial charge in [-0.05, 0) is 30.3 Å². The molecule has 0 amide bonds. The normalized spacial score (nSPS) is 10.8. The summed E-state index contributed by atoms with van der Waals surface area (Å²) in [6.07, 6.45) is 1.17. The van der Waals surface area contributed by atoms with E-state index in [4.69, 9.17) is 9.52 Å². The van der Waals surface area contributed by atoms with Gasteiger partial charge in [-0.25, -0.2) is 4.79 Å². The molecule has 1 aromatic carbocycles. The van der Waals surface area contributed by atoms with Crippen LogP contribution in [0.3, 0.4) is 0 Å². The van der Waals surface area contributed by atoms with Crippen LogP contribution in [-0.2, 0) is 6.54 Å². The van der Waals surface area contributed by atoms with Crippen LogP contribution in [0.5, 0.6) is 0 Å². The van der Waals surface area contributed by atoms with E-state index >= 15 is 0 Å². The molecule has 0 radical (unpaired) electrons. The predicted octanol–water partition coefficient (Wildman–Crippen LogP) is 3.90. The molecule has 1 heterocycles. The maximum Gasteiger partial charge on any atom is 0.338 e. The number of hydrogen-bond acceptors (Lipinski definition) is 4. The molecule has 7 heteroatoms. The monoisotopic (exact) mass is 299 g/mol. The number of nitrogens with one attached hydrogen (secondary N) is 1. The molecule has 0 bridgehead atoms. The van der Waals surface area contributed by atoms with Gasteiger partial charge < -0.3 is 14.8 Å². The number of carbonyl (C=O) groups is 1. The maximum atomic E-state index is 12.1. The van der Waals surface area contributed by atoms with Crippen molar-refractivity contribution >= 4 is 23.4 Å². The molecule has 0 saturated carbocycles. The van der Waals surface area contributed by atoms with Crippen molar-refractivity contribution in [1.82, 2.24) is 0 Å². The van der Waals surface area contributed by atoms with Crippen molar-refractivity contribution in [2.24, 2.45) is 0 Å². The quantitative estimate of drug-likeness (QED) is 0.792. The maximum absolute atomic E-state index is 12.1. The van der Waals surface area contributed by atoms with Crippen molar-refractivity contribution in [3.63, 3.8) is 0 Å². The second-order valence-corrected chi connectivity index (χ2v) is 4.93. The highest BCUT2D eigenvalue weighted by atomic mass is 32.2. The number of hydrogen-bond donors (Lipinski definition) is 2. The average molecular weight is 299 g/mol. The standard InChI is InChI=1S/C13H11F2NO3S/c14-13(15)20-11-3-1-9(2-4-11)16-6-10-5-8(7-19-10)12(17)18/h1-5,7,13,16H,6H2,(H,17,18). The number of halogens is 2. The van der Waals surface area contributed by atoms with Gasteiger partial charge >= 0.3 is 5.97 Å². The van der Waals surface area contributed by atoms with Crippen LogP contribution in [0.25, 0.3) is 0 Å². The molecular formula is C13H11F2NO3S. The molecule has 0 saturated heterocycles. The van der Waals surface area contributed by atoms with Crippen molar-refractivity contribution in [3.8, 4) is 0 Å². The number of carboxylic acids is 1. The highest BCUT2D eigenvalue weighted by Gasteiger charge is 2.08. The zero-order chi connectivity index (χ0) is 14.5. The van der Waals surface area contributed by atoms with Gasteiger partial charge in [0.25, 0.3) is 5.76 Å². The summed E-state index contributed by atoms with van der Waals surface area (Å²) >= 11 is 0.483. The minimum absolute atomic E-state index is 0.0884. The molecule has 2 rings (SSSR count). The van der Waals surface area contributed by atoms with Gasteiger partial charge in [0.1, 0.15) is 12.0 Å². The van der Waals surface area contributed by atoms with Gasteiger partial charge in [0, 0.05) is 10.6 Å². The molecule has 0 aliphatic carbocycles. The Morgan fingerprint density at radius 1 is 1.35 bits per heavy atom. The van der Waals surface area contributed by atoms with E-state index in [9.17, 15) is 13.6 Å². The Kier molecular flexibility index (Phi) is 4.62. The van der Waals surface area contributed by atoms with Crippen molar-refractivity contribution in [1.29, 1.82) is 0 Å². The lowest BCUT2D eigenvalue weighted by molar-refractivity contribution is 0.0696. The van der Waals surface area contributed by atoms with Crippen LogP contribution in [0.2, 0.25) is 0 Å². The fraction of sp³-hybridized carbons (Fsp3) is 0.154. The van der Waals surface area contributed by atoms with E-state index in [1.807, 2.05) is 0 Å². The summed E-state index contributed by atoms with van der Waals surface area (Å²) in [6.45, 7) is 0.314. The number of furan rings is 1. The minimum Gasteiger partial charge on any atom is -0.478 e. The molecule has 106 valence electrons. The molecule has 0 spiro atoms. The van der Waals surface area contributed by atoms with Gasteiger partial charge in [-0.2, -0.15) is 8.78 Å². The van der Waals surface area contributed by atoms with Crippen molar-refractivity contribution < 1.29 is 23.1 Å². The SMILES string of the molecule is O=C(O)c1coc(CNc2ccc(SC(F)F)cc2)c1. The first kappa shape index (κ1) is 14.4. The van der Waals surface area contributed by atoms with Crippen molar-refractivity contribution in [3.05, 3.63) is 47.9 Å². The van der Waals surface area contributed by atoms with E-state index in [0.29, 0.717) is 29.0 Å². The topological polar surface area (TPSA) is 62.5 Å². The smallest absolute Gasteiger partial charge is 0.338 e. The lowest BCUT2D eigenvalue weighted by Crippen LogP contribution is -1.98. The van der Waals surface area contributed by atoms with Gasteiger partial charge in [-0.3, -0.25) is 0 Å². The summed E-state index contributed by atoms with van der Waals surface area (Å²) in [5, 5.41) is 11.8. The average Bonchev–Trinajstić information content (AvgIpc) is 2.86. The molecule has 1 aromatic heterocycles. The lowest BCUT2D eigenvalue weighted by Gasteiger charge is -2.05. The number of benzene rings is 1. The van der Waals surface area contributed by atoms with Crippen molar-refractivity contribution in [2.45, 2.75) is 17.2 Å². The first-order valence-electron chi connectivity index (χ1n) is 5.64. The molecule has 2 N–H and O–H groups in total. The third-order valence-electron chi connectivity index (χ3n) is 2.45. The Labute approximate surface area is 117 Å².